The van der Waals surface area contributed by atoms with Crippen molar-refractivity contribution < 1.29 is 98.0 Å². The number of ether oxygens (including phenoxy) is 1. The highest BCUT2D eigenvalue weighted by molar-refractivity contribution is 7.99. The zero-order chi connectivity index (χ0) is 79.4. The Morgan fingerprint density at radius 1 is 0.380 bits per heavy atom. The number of thioether (sulfide) groups is 2. The maximum Gasteiger partial charge on any atom is 0.326 e. The number of rotatable bonds is 33. The summed E-state index contributed by atoms with van der Waals surface area (Å²) in [5, 5.41) is 78.4. The third-order valence-corrected chi connectivity index (χ3v) is 24.9. The number of carbonyl (C=O) groups is 12. The third kappa shape index (κ3) is 23.6. The van der Waals surface area contributed by atoms with Crippen molar-refractivity contribution in [3.63, 3.8) is 0 Å². The van der Waals surface area contributed by atoms with Crippen molar-refractivity contribution in [3.05, 3.63) is 60.7 Å². The Balaban J connectivity index is 0.000000201. The van der Waals surface area contributed by atoms with Gasteiger partial charge in [0.1, 0.15) is 48.3 Å². The third-order valence-electron chi connectivity index (χ3n) is 22.6. The topological polar surface area (TPSA) is 417 Å². The lowest BCUT2D eigenvalue weighted by Gasteiger charge is -2.32. The lowest BCUT2D eigenvalue weighted by Crippen LogP contribution is -2.55. The van der Waals surface area contributed by atoms with Crippen molar-refractivity contribution in [3.8, 4) is 0 Å². The standard InChI is InChI=1S/2C20H26N2O5S.C20H34N2O5.C18H30N2O5/c2*1-12(21-15(19(24)25)11-28-14-7-3-2-4-8-14)18(23)22-16-9-5-6-13(16)10-17(22)20(26)27;1-5-27-20(26)15(10-9-12(2)3)21-13(4)18(23)22-16-8-6-7-14(16)11-17(22)19(24)25;1-10(2)7-8-13(17(22)23)19-11(3)16(21)20-14-6-4-5-12(14)9-15(20)18(24)25/h2*2-4,7-8,12-13,15-17,21H,5-6,9-11H2,1H3,(H,24,25)(H,26,27);12-17,21H,5-11H2,1-4H3,(H,24,25);10-15,19H,4-9H2,1-3H3,(H,22,23)(H,24,25)/t2*12-,13-,15-,16-,17-;13-,14-,15-,16-,17-;11-,12-,13-,14-,15-/m0000/s1. The second kappa shape index (κ2) is 41.6. The summed E-state index contributed by atoms with van der Waals surface area (Å²) in [5.74, 6) is -6.06. The number of esters is 1. The van der Waals surface area contributed by atoms with E-state index in [0.29, 0.717) is 50.4 Å². The number of fused-ring (bicyclic) bond motifs is 4. The highest BCUT2D eigenvalue weighted by Crippen LogP contribution is 2.45. The van der Waals surface area contributed by atoms with Crippen molar-refractivity contribution in [1.29, 1.82) is 0 Å². The van der Waals surface area contributed by atoms with Crippen molar-refractivity contribution in [2.24, 2.45) is 35.5 Å². The molecule has 0 aromatic heterocycles. The van der Waals surface area contributed by atoms with E-state index in [2.05, 4.69) is 35.1 Å². The van der Waals surface area contributed by atoms with E-state index in [4.69, 9.17) is 4.74 Å². The summed E-state index contributed by atoms with van der Waals surface area (Å²) < 4.78 is 5.15. The quantitative estimate of drug-likeness (QED) is 0.0238. The minimum absolute atomic E-state index is 0.0135. The normalized spacial score (nSPS) is 26.6. The number of nitrogens with zero attached hydrogens (tertiary/aromatic N) is 4. The molecule has 11 N–H and O–H groups in total. The van der Waals surface area contributed by atoms with Gasteiger partial charge in [-0.2, -0.15) is 0 Å². The fraction of sp³-hybridized carbons (Fsp3) is 0.692. The number of hydrogen-bond acceptors (Lipinski definition) is 19. The average Bonchev–Trinajstić information content (AvgIpc) is 1.65. The number of benzene rings is 2. The molecule has 4 aliphatic heterocycles. The molecule has 8 fully saturated rings. The molecule has 0 bridgehead atoms. The molecule has 4 amide bonds. The van der Waals surface area contributed by atoms with Crippen LogP contribution >= 0.6 is 23.5 Å². The van der Waals surface area contributed by atoms with Crippen LogP contribution in [0, 0.1) is 35.5 Å². The number of carboxylic acids is 7. The minimum atomic E-state index is -1.03. The van der Waals surface area contributed by atoms with Gasteiger partial charge in [0.25, 0.3) is 0 Å². The molecule has 0 spiro atoms. The van der Waals surface area contributed by atoms with Crippen LogP contribution in [0.5, 0.6) is 0 Å². The first kappa shape index (κ1) is 87.8. The summed E-state index contributed by atoms with van der Waals surface area (Å²) in [4.78, 5) is 154. The Bertz CT molecular complexity index is 3270. The van der Waals surface area contributed by atoms with Gasteiger partial charge in [0.15, 0.2) is 0 Å². The number of likely N-dealkylation sites (tertiary alicyclic amines) is 4. The number of carboxylic acid groups (broad SMARTS) is 7. The van der Waals surface area contributed by atoms with Gasteiger partial charge in [0.2, 0.25) is 23.6 Å². The van der Waals surface area contributed by atoms with Gasteiger partial charge in [-0.3, -0.25) is 59.6 Å². The molecule has 2 aromatic rings. The molecule has 2 aromatic carbocycles. The summed E-state index contributed by atoms with van der Waals surface area (Å²) in [6.07, 6.45) is 15.9. The zero-order valence-corrected chi connectivity index (χ0v) is 65.4. The van der Waals surface area contributed by atoms with Crippen LogP contribution in [0.2, 0.25) is 0 Å². The maximum absolute atomic E-state index is 13.1. The Morgan fingerprint density at radius 2 is 0.639 bits per heavy atom. The zero-order valence-electron chi connectivity index (χ0n) is 63.8. The Labute approximate surface area is 642 Å². The van der Waals surface area contributed by atoms with E-state index in [9.17, 15) is 93.3 Å². The van der Waals surface area contributed by atoms with Crippen LogP contribution < -0.4 is 21.3 Å². The van der Waals surface area contributed by atoms with Gasteiger partial charge >= 0.3 is 47.8 Å². The first-order valence-corrected chi connectivity index (χ1v) is 40.7. The smallest absolute Gasteiger partial charge is 0.326 e. The van der Waals surface area contributed by atoms with E-state index in [1.54, 1.807) is 39.5 Å². The van der Waals surface area contributed by atoms with Crippen LogP contribution in [-0.4, -0.2) is 242 Å². The van der Waals surface area contributed by atoms with Crippen LogP contribution in [0.4, 0.5) is 0 Å². The van der Waals surface area contributed by atoms with Crippen LogP contribution in [0.1, 0.15) is 191 Å². The van der Waals surface area contributed by atoms with Crippen LogP contribution in [0.25, 0.3) is 0 Å². The minimum Gasteiger partial charge on any atom is -0.480 e. The van der Waals surface area contributed by atoms with Crippen molar-refractivity contribution >= 4 is 94.9 Å². The number of aliphatic carboxylic acids is 7. The molecule has 108 heavy (non-hydrogen) atoms. The first-order valence-electron chi connectivity index (χ1n) is 38.7. The Morgan fingerprint density at radius 3 is 0.889 bits per heavy atom. The molecule has 8 aliphatic rings. The summed E-state index contributed by atoms with van der Waals surface area (Å²) in [5.41, 5.74) is 0. The fourth-order valence-electron chi connectivity index (χ4n) is 17.3. The van der Waals surface area contributed by atoms with E-state index in [0.717, 1.165) is 99.7 Å². The van der Waals surface area contributed by atoms with Gasteiger partial charge in [-0.05, 0) is 197 Å². The van der Waals surface area contributed by atoms with Crippen molar-refractivity contribution in [2.75, 3.05) is 18.1 Å². The average molecular weight is 1550 g/mol. The molecule has 28 nitrogen and oxygen atoms in total. The van der Waals surface area contributed by atoms with E-state index < -0.39 is 114 Å². The second-order valence-corrected chi connectivity index (χ2v) is 33.3. The molecule has 0 unspecified atom stereocenters. The van der Waals surface area contributed by atoms with E-state index in [-0.39, 0.29) is 95.5 Å². The van der Waals surface area contributed by atoms with Crippen LogP contribution in [0.3, 0.4) is 0 Å². The lowest BCUT2D eigenvalue weighted by atomic mass is 10.0. The number of amides is 4. The predicted octanol–water partition coefficient (Wildman–Crippen LogP) is 8.02. The van der Waals surface area contributed by atoms with Crippen molar-refractivity contribution in [2.45, 2.75) is 297 Å². The van der Waals surface area contributed by atoms with Crippen LogP contribution in [-0.2, 0) is 62.3 Å². The molecular weight excluding hydrogens is 1430 g/mol. The lowest BCUT2D eigenvalue weighted by molar-refractivity contribution is -0.151. The van der Waals surface area contributed by atoms with Gasteiger partial charge in [-0.1, -0.05) is 89.8 Å². The Kier molecular flexibility index (Phi) is 33.8. The van der Waals surface area contributed by atoms with E-state index in [1.165, 1.54) is 38.2 Å². The maximum atomic E-state index is 13.1. The molecule has 4 heterocycles. The van der Waals surface area contributed by atoms with Gasteiger partial charge in [-0.25, -0.2) is 19.2 Å². The monoisotopic (exact) mass is 1550 g/mol. The number of nitrogens with one attached hydrogen (secondary N) is 4. The molecule has 4 saturated heterocycles. The summed E-state index contributed by atoms with van der Waals surface area (Å²) in [6, 6.07) is 9.63. The van der Waals surface area contributed by atoms with E-state index in [1.807, 2.05) is 74.5 Å². The first-order chi connectivity index (χ1) is 51.2. The molecule has 4 saturated carbocycles. The number of hydrogen-bond donors (Lipinski definition) is 11. The summed E-state index contributed by atoms with van der Waals surface area (Å²) >= 11 is 2.80. The number of carbonyl (C=O) groups excluding carboxylic acids is 5. The van der Waals surface area contributed by atoms with Gasteiger partial charge in [0, 0.05) is 45.5 Å². The highest BCUT2D eigenvalue weighted by atomic mass is 32.2. The molecule has 600 valence electrons. The highest BCUT2D eigenvalue weighted by Gasteiger charge is 2.54. The summed E-state index contributed by atoms with van der Waals surface area (Å²) in [6.45, 7) is 16.8. The van der Waals surface area contributed by atoms with Gasteiger partial charge in [0.05, 0.1) is 30.8 Å². The molecule has 10 rings (SSSR count). The molecular formula is C78H116N8O20S2. The van der Waals surface area contributed by atoms with E-state index >= 15 is 0 Å². The Hall–Kier alpha value is -7.38. The molecule has 30 heteroatoms. The van der Waals surface area contributed by atoms with Crippen LogP contribution in [0.15, 0.2) is 70.5 Å². The fourth-order valence-corrected chi connectivity index (χ4v) is 19.2. The van der Waals surface area contributed by atoms with Gasteiger partial charge in [-0.15, -0.1) is 23.5 Å². The molecule has 4 aliphatic carbocycles. The largest absolute Gasteiger partial charge is 0.480 e. The SMILES string of the molecule is CC(C)CC[C@H](N[C@@H](C)C(=O)N1[C@H](C(=O)O)C[C@@H]2CCC[C@@H]21)C(=O)O.CCOC(=O)[C@H](CCC(C)C)N[C@@H](C)C(=O)N1[C@H](C(=O)O)C[C@@H]2CCC[C@@H]21.C[C@H](N[C@@H](CSc1ccccc1)C(=O)O)C(=O)N1[C@H](C(=O)O)C[C@@H]2CCC[C@@H]21.C[C@H](N[C@@H](CSc1ccccc1)C(=O)O)C(=O)N1[C@H](C(=O)O)C[C@@H]2CCC[C@@H]21. The van der Waals surface area contributed by atoms with Gasteiger partial charge < -0.3 is 60.1 Å². The molecule has 20 atom stereocenters. The predicted molar refractivity (Wildman–Crippen MR) is 404 cm³/mol. The second-order valence-electron chi connectivity index (χ2n) is 31.1. The summed E-state index contributed by atoms with van der Waals surface area (Å²) in [7, 11) is 0. The van der Waals surface area contributed by atoms with Crippen molar-refractivity contribution in [1.82, 2.24) is 40.9 Å². The molecule has 0 radical (unpaired) electrons.